The number of halogens is 1. The van der Waals surface area contributed by atoms with Gasteiger partial charge in [0.2, 0.25) is 0 Å². The van der Waals surface area contributed by atoms with Crippen molar-refractivity contribution in [3.05, 3.63) is 71.6 Å². The molecule has 23 heavy (non-hydrogen) atoms. The molecule has 2 nitrogen and oxygen atoms in total. The standard InChI is InChI=1S/C20H21FN2/c21-16-10-11-18(19(12-16)15-6-2-1-3-7-15)20-9-5-4-8-17-13-22-14-23(17)20/h2,6-7,10-14,20H,1,3-5,8-9H2. The summed E-state index contributed by atoms with van der Waals surface area (Å²) in [6, 6.07) is 5.50. The minimum absolute atomic E-state index is 0.164. The smallest absolute Gasteiger partial charge is 0.123 e. The van der Waals surface area contributed by atoms with Gasteiger partial charge in [-0.05, 0) is 60.9 Å². The molecule has 3 heteroatoms. The molecule has 0 amide bonds. The van der Waals surface area contributed by atoms with Crippen molar-refractivity contribution in [3.8, 4) is 0 Å². The van der Waals surface area contributed by atoms with E-state index in [0.29, 0.717) is 0 Å². The maximum atomic E-state index is 13.9. The highest BCUT2D eigenvalue weighted by Gasteiger charge is 2.23. The van der Waals surface area contributed by atoms with Gasteiger partial charge in [0.15, 0.2) is 0 Å². The number of hydrogen-bond acceptors (Lipinski definition) is 1. The minimum atomic E-state index is -0.164. The van der Waals surface area contributed by atoms with Crippen LogP contribution in [0.2, 0.25) is 0 Å². The van der Waals surface area contributed by atoms with Crippen molar-refractivity contribution in [2.45, 2.75) is 44.6 Å². The predicted octanol–water partition coefficient (Wildman–Crippen LogP) is 5.07. The number of rotatable bonds is 2. The lowest BCUT2D eigenvalue weighted by molar-refractivity contribution is 0.532. The van der Waals surface area contributed by atoms with Crippen LogP contribution in [0.5, 0.6) is 0 Å². The lowest BCUT2D eigenvalue weighted by atomic mass is 9.90. The van der Waals surface area contributed by atoms with Gasteiger partial charge in [-0.2, -0.15) is 0 Å². The largest absolute Gasteiger partial charge is 0.327 e. The molecule has 0 fully saturated rings. The Bertz CT molecular complexity index is 770. The molecule has 0 saturated heterocycles. The Hall–Kier alpha value is -2.16. The molecular formula is C20H21FN2. The summed E-state index contributed by atoms with van der Waals surface area (Å²) in [5.74, 6) is -0.164. The molecule has 0 radical (unpaired) electrons. The summed E-state index contributed by atoms with van der Waals surface area (Å²) in [6.45, 7) is 0. The summed E-state index contributed by atoms with van der Waals surface area (Å²) >= 11 is 0. The Labute approximate surface area is 136 Å². The van der Waals surface area contributed by atoms with Crippen LogP contribution in [0.3, 0.4) is 0 Å². The van der Waals surface area contributed by atoms with Gasteiger partial charge in [0, 0.05) is 11.9 Å². The summed E-state index contributed by atoms with van der Waals surface area (Å²) in [5.41, 5.74) is 4.69. The van der Waals surface area contributed by atoms with E-state index in [1.54, 1.807) is 12.1 Å². The lowest BCUT2D eigenvalue weighted by Gasteiger charge is -2.23. The van der Waals surface area contributed by atoms with Gasteiger partial charge in [0.25, 0.3) is 0 Å². The van der Waals surface area contributed by atoms with Crippen LogP contribution in [-0.2, 0) is 6.42 Å². The number of fused-ring (bicyclic) bond motifs is 1. The zero-order chi connectivity index (χ0) is 15.6. The fourth-order valence-corrected chi connectivity index (χ4v) is 3.78. The Morgan fingerprint density at radius 1 is 1.17 bits per heavy atom. The van der Waals surface area contributed by atoms with Gasteiger partial charge in [0.1, 0.15) is 5.82 Å². The van der Waals surface area contributed by atoms with Gasteiger partial charge in [-0.25, -0.2) is 9.37 Å². The molecule has 1 aliphatic carbocycles. The average Bonchev–Trinajstić information content (AvgIpc) is 2.96. The van der Waals surface area contributed by atoms with Crippen molar-refractivity contribution in [3.63, 3.8) is 0 Å². The Morgan fingerprint density at radius 2 is 2.13 bits per heavy atom. The number of aryl methyl sites for hydroxylation is 1. The third-order valence-electron chi connectivity index (χ3n) is 4.92. The zero-order valence-electron chi connectivity index (χ0n) is 13.2. The second kappa shape index (κ2) is 6.15. The predicted molar refractivity (Wildman–Crippen MR) is 90.7 cm³/mol. The minimum Gasteiger partial charge on any atom is -0.327 e. The molecule has 0 saturated carbocycles. The number of allylic oxidation sites excluding steroid dienone is 4. The molecule has 2 heterocycles. The first kappa shape index (κ1) is 14.4. The quantitative estimate of drug-likeness (QED) is 0.757. The van der Waals surface area contributed by atoms with Crippen LogP contribution >= 0.6 is 0 Å². The van der Waals surface area contributed by atoms with Crippen molar-refractivity contribution in [2.75, 3.05) is 0 Å². The zero-order valence-corrected chi connectivity index (χ0v) is 13.2. The highest BCUT2D eigenvalue weighted by Crippen LogP contribution is 2.35. The van der Waals surface area contributed by atoms with Gasteiger partial charge >= 0.3 is 0 Å². The van der Waals surface area contributed by atoms with Crippen molar-refractivity contribution in [1.29, 1.82) is 0 Å². The van der Waals surface area contributed by atoms with E-state index in [9.17, 15) is 4.39 Å². The first-order valence-electron chi connectivity index (χ1n) is 8.50. The van der Waals surface area contributed by atoms with E-state index in [1.165, 1.54) is 24.1 Å². The summed E-state index contributed by atoms with van der Waals surface area (Å²) < 4.78 is 16.2. The van der Waals surface area contributed by atoms with E-state index in [0.717, 1.165) is 36.8 Å². The van der Waals surface area contributed by atoms with Crippen LogP contribution in [0.25, 0.3) is 5.57 Å². The Balaban J connectivity index is 1.83. The monoisotopic (exact) mass is 308 g/mol. The van der Waals surface area contributed by atoms with E-state index in [2.05, 4.69) is 27.8 Å². The van der Waals surface area contributed by atoms with E-state index < -0.39 is 0 Å². The van der Waals surface area contributed by atoms with Crippen LogP contribution < -0.4 is 0 Å². The molecule has 1 atom stereocenters. The lowest BCUT2D eigenvalue weighted by Crippen LogP contribution is -2.13. The molecule has 4 rings (SSSR count). The van der Waals surface area contributed by atoms with Crippen LogP contribution in [0, 0.1) is 5.82 Å². The summed E-state index contributed by atoms with van der Waals surface area (Å²) in [7, 11) is 0. The van der Waals surface area contributed by atoms with E-state index >= 15 is 0 Å². The van der Waals surface area contributed by atoms with Gasteiger partial charge in [0.05, 0.1) is 12.4 Å². The highest BCUT2D eigenvalue weighted by molar-refractivity contribution is 5.77. The number of aromatic nitrogens is 2. The molecule has 1 aromatic heterocycles. The summed E-state index contributed by atoms with van der Waals surface area (Å²) in [5, 5.41) is 0. The van der Waals surface area contributed by atoms with Crippen LogP contribution in [-0.4, -0.2) is 9.55 Å². The molecule has 0 N–H and O–H groups in total. The number of nitrogens with zero attached hydrogens (tertiary/aromatic N) is 2. The second-order valence-corrected chi connectivity index (χ2v) is 6.42. The van der Waals surface area contributed by atoms with E-state index in [4.69, 9.17) is 0 Å². The molecular weight excluding hydrogens is 287 g/mol. The number of hydrogen-bond donors (Lipinski definition) is 0. The molecule has 0 bridgehead atoms. The average molecular weight is 308 g/mol. The van der Waals surface area contributed by atoms with E-state index in [-0.39, 0.29) is 11.9 Å². The fourth-order valence-electron chi connectivity index (χ4n) is 3.78. The van der Waals surface area contributed by atoms with Crippen LogP contribution in [0.4, 0.5) is 4.39 Å². The Morgan fingerprint density at radius 3 is 3.00 bits per heavy atom. The topological polar surface area (TPSA) is 17.8 Å². The van der Waals surface area contributed by atoms with Crippen molar-refractivity contribution in [1.82, 2.24) is 9.55 Å². The van der Waals surface area contributed by atoms with Gasteiger partial charge in [-0.3, -0.25) is 0 Å². The van der Waals surface area contributed by atoms with Gasteiger partial charge < -0.3 is 4.57 Å². The second-order valence-electron chi connectivity index (χ2n) is 6.42. The molecule has 1 aromatic carbocycles. The third-order valence-corrected chi connectivity index (χ3v) is 4.92. The maximum Gasteiger partial charge on any atom is 0.123 e. The first-order chi connectivity index (χ1) is 11.3. The maximum absolute atomic E-state index is 13.9. The number of imidazole rings is 1. The molecule has 0 spiro atoms. The fraction of sp³-hybridized carbons (Fsp3) is 0.350. The first-order valence-corrected chi connectivity index (χ1v) is 8.50. The van der Waals surface area contributed by atoms with Crippen molar-refractivity contribution < 1.29 is 4.39 Å². The number of benzene rings is 1. The summed E-state index contributed by atoms with van der Waals surface area (Å²) in [6.07, 6.45) is 17.1. The van der Waals surface area contributed by atoms with Crippen molar-refractivity contribution in [2.24, 2.45) is 0 Å². The van der Waals surface area contributed by atoms with Gasteiger partial charge in [-0.1, -0.05) is 30.7 Å². The highest BCUT2D eigenvalue weighted by atomic mass is 19.1. The van der Waals surface area contributed by atoms with Crippen molar-refractivity contribution >= 4 is 5.57 Å². The molecule has 2 aliphatic rings. The Kier molecular flexibility index (Phi) is 3.86. The SMILES string of the molecule is Fc1ccc(C2CCCCc3cncn32)c(C2=CCCC=C2)c1. The molecule has 1 unspecified atom stereocenters. The van der Waals surface area contributed by atoms with E-state index in [1.807, 2.05) is 18.6 Å². The molecule has 118 valence electrons. The summed E-state index contributed by atoms with van der Waals surface area (Å²) in [4.78, 5) is 4.34. The normalized spacial score (nSPS) is 20.7. The third kappa shape index (κ3) is 2.76. The molecule has 1 aliphatic heterocycles. The van der Waals surface area contributed by atoms with Crippen LogP contribution in [0.15, 0.2) is 49.0 Å². The molecule has 2 aromatic rings. The van der Waals surface area contributed by atoms with Crippen LogP contribution in [0.1, 0.15) is 55.0 Å². The van der Waals surface area contributed by atoms with Gasteiger partial charge in [-0.15, -0.1) is 0 Å².